The van der Waals surface area contributed by atoms with Gasteiger partial charge >= 0.3 is 0 Å². The Morgan fingerprint density at radius 1 is 1.27 bits per heavy atom. The van der Waals surface area contributed by atoms with Gasteiger partial charge in [0.2, 0.25) is 0 Å². The van der Waals surface area contributed by atoms with Crippen molar-refractivity contribution in [1.29, 1.82) is 5.41 Å². The van der Waals surface area contributed by atoms with Gasteiger partial charge in [-0.2, -0.15) is 0 Å². The van der Waals surface area contributed by atoms with Crippen LogP contribution in [0.4, 0.5) is 0 Å². The molecule has 0 amide bonds. The number of thiophene rings is 1. The molecule has 0 bridgehead atoms. The van der Waals surface area contributed by atoms with E-state index in [1.54, 1.807) is 17.5 Å². The minimum Gasteiger partial charge on any atom is -0.307 e. The maximum absolute atomic E-state index is 7.13. The Balaban J connectivity index is 1.96. The van der Waals surface area contributed by atoms with E-state index in [-0.39, 0.29) is 0 Å². The van der Waals surface area contributed by atoms with Crippen LogP contribution in [-0.4, -0.2) is 11.2 Å². The van der Waals surface area contributed by atoms with Crippen LogP contribution in [0.1, 0.15) is 15.3 Å². The third kappa shape index (κ3) is 2.73. The first-order valence-corrected chi connectivity index (χ1v) is 5.68. The van der Waals surface area contributed by atoms with Crippen molar-refractivity contribution < 1.29 is 0 Å². The van der Waals surface area contributed by atoms with Crippen molar-refractivity contribution in [2.75, 3.05) is 0 Å². The second-order valence-electron chi connectivity index (χ2n) is 3.31. The zero-order valence-corrected chi connectivity index (χ0v) is 9.13. The summed E-state index contributed by atoms with van der Waals surface area (Å²) in [5.74, 6) is 0. The van der Waals surface area contributed by atoms with E-state index in [9.17, 15) is 0 Å². The number of nitrogens with one attached hydrogen (secondary N) is 1. The highest BCUT2D eigenvalue weighted by Gasteiger charge is 1.99. The Bertz CT molecular complexity index is 434. The monoisotopic (exact) mass is 216 g/mol. The molecule has 2 aromatic heterocycles. The van der Waals surface area contributed by atoms with E-state index in [1.807, 2.05) is 18.3 Å². The molecule has 2 nitrogen and oxygen atoms in total. The van der Waals surface area contributed by atoms with Gasteiger partial charge in [0.25, 0.3) is 0 Å². The summed E-state index contributed by atoms with van der Waals surface area (Å²) in [6, 6.07) is 8.16. The molecule has 0 aliphatic heterocycles. The summed E-state index contributed by atoms with van der Waals surface area (Å²) in [5.41, 5.74) is 1.27. The lowest BCUT2D eigenvalue weighted by atomic mass is 10.1. The SMILES string of the molecule is N=Cc1ccc(CCc2cccnc2)s1. The molecule has 76 valence electrons. The third-order valence-corrected chi connectivity index (χ3v) is 3.30. The van der Waals surface area contributed by atoms with Gasteiger partial charge in [0.1, 0.15) is 0 Å². The first kappa shape index (κ1) is 10.1. The molecule has 0 saturated heterocycles. The van der Waals surface area contributed by atoms with Crippen molar-refractivity contribution in [3.05, 3.63) is 52.0 Å². The summed E-state index contributed by atoms with van der Waals surface area (Å²) in [6.45, 7) is 0. The van der Waals surface area contributed by atoms with Gasteiger partial charge in [0.15, 0.2) is 0 Å². The second kappa shape index (κ2) is 4.84. The molecule has 0 fully saturated rings. The van der Waals surface area contributed by atoms with E-state index in [2.05, 4.69) is 17.1 Å². The van der Waals surface area contributed by atoms with Crippen molar-refractivity contribution in [2.45, 2.75) is 12.8 Å². The summed E-state index contributed by atoms with van der Waals surface area (Å²) in [7, 11) is 0. The molecule has 2 aromatic rings. The number of aromatic nitrogens is 1. The van der Waals surface area contributed by atoms with Gasteiger partial charge in [0.05, 0.1) is 0 Å². The van der Waals surface area contributed by atoms with Crippen molar-refractivity contribution in [3.63, 3.8) is 0 Å². The van der Waals surface area contributed by atoms with E-state index in [4.69, 9.17) is 5.41 Å². The number of aryl methyl sites for hydroxylation is 2. The first-order chi connectivity index (χ1) is 7.38. The minimum absolute atomic E-state index is 1.02. The summed E-state index contributed by atoms with van der Waals surface area (Å²) in [4.78, 5) is 6.44. The maximum atomic E-state index is 7.13. The van der Waals surface area contributed by atoms with Crippen LogP contribution in [-0.2, 0) is 12.8 Å². The molecule has 1 N–H and O–H groups in total. The molecule has 0 aliphatic carbocycles. The largest absolute Gasteiger partial charge is 0.307 e. The van der Waals surface area contributed by atoms with Gasteiger partial charge in [-0.25, -0.2) is 0 Å². The minimum atomic E-state index is 1.02. The molecule has 0 aromatic carbocycles. The van der Waals surface area contributed by atoms with E-state index in [0.29, 0.717) is 0 Å². The van der Waals surface area contributed by atoms with Crippen LogP contribution in [0.2, 0.25) is 0 Å². The number of hydrogen-bond donors (Lipinski definition) is 1. The Morgan fingerprint density at radius 3 is 2.87 bits per heavy atom. The number of hydrogen-bond acceptors (Lipinski definition) is 3. The van der Waals surface area contributed by atoms with Gasteiger partial charge < -0.3 is 5.41 Å². The van der Waals surface area contributed by atoms with Crippen LogP contribution in [0.15, 0.2) is 36.7 Å². The first-order valence-electron chi connectivity index (χ1n) is 4.86. The Kier molecular flexibility index (Phi) is 3.25. The van der Waals surface area contributed by atoms with Gasteiger partial charge in [-0.15, -0.1) is 11.3 Å². The molecule has 0 unspecified atom stereocenters. The maximum Gasteiger partial charge on any atom is 0.0448 e. The summed E-state index contributed by atoms with van der Waals surface area (Å²) in [5, 5.41) is 7.13. The van der Waals surface area contributed by atoms with E-state index in [0.717, 1.165) is 17.7 Å². The third-order valence-electron chi connectivity index (χ3n) is 2.21. The van der Waals surface area contributed by atoms with Gasteiger partial charge in [-0.3, -0.25) is 4.98 Å². The highest BCUT2D eigenvalue weighted by atomic mass is 32.1. The van der Waals surface area contributed by atoms with E-state index in [1.165, 1.54) is 16.7 Å². The van der Waals surface area contributed by atoms with Crippen LogP contribution in [0.5, 0.6) is 0 Å². The molecule has 15 heavy (non-hydrogen) atoms. The second-order valence-corrected chi connectivity index (χ2v) is 4.51. The quantitative estimate of drug-likeness (QED) is 0.784. The van der Waals surface area contributed by atoms with Crippen LogP contribution < -0.4 is 0 Å². The fourth-order valence-corrected chi connectivity index (χ4v) is 2.26. The average molecular weight is 216 g/mol. The molecule has 0 aliphatic rings. The van der Waals surface area contributed by atoms with Crippen LogP contribution in [0.3, 0.4) is 0 Å². The number of nitrogens with zero attached hydrogens (tertiary/aromatic N) is 1. The van der Waals surface area contributed by atoms with Crippen molar-refractivity contribution >= 4 is 17.6 Å². The number of pyridine rings is 1. The Labute approximate surface area is 93.1 Å². The summed E-state index contributed by atoms with van der Waals surface area (Å²) in [6.07, 6.45) is 7.15. The van der Waals surface area contributed by atoms with Crippen LogP contribution >= 0.6 is 11.3 Å². The molecular weight excluding hydrogens is 204 g/mol. The van der Waals surface area contributed by atoms with Crippen molar-refractivity contribution in [2.24, 2.45) is 0 Å². The van der Waals surface area contributed by atoms with Gasteiger partial charge in [-0.05, 0) is 36.6 Å². The molecule has 0 radical (unpaired) electrons. The molecule has 0 spiro atoms. The lowest BCUT2D eigenvalue weighted by Crippen LogP contribution is -1.88. The highest BCUT2D eigenvalue weighted by molar-refractivity contribution is 7.13. The zero-order chi connectivity index (χ0) is 10.5. The van der Waals surface area contributed by atoms with Crippen molar-refractivity contribution in [3.8, 4) is 0 Å². The molecule has 2 heterocycles. The van der Waals surface area contributed by atoms with E-state index >= 15 is 0 Å². The molecule has 3 heteroatoms. The van der Waals surface area contributed by atoms with Crippen LogP contribution in [0, 0.1) is 5.41 Å². The Morgan fingerprint density at radius 2 is 2.20 bits per heavy atom. The fourth-order valence-electron chi connectivity index (χ4n) is 1.42. The lowest BCUT2D eigenvalue weighted by Gasteiger charge is -1.97. The Hall–Kier alpha value is -1.48. The van der Waals surface area contributed by atoms with Crippen LogP contribution in [0.25, 0.3) is 0 Å². The topological polar surface area (TPSA) is 36.7 Å². The highest BCUT2D eigenvalue weighted by Crippen LogP contribution is 2.16. The smallest absolute Gasteiger partial charge is 0.0448 e. The van der Waals surface area contributed by atoms with E-state index < -0.39 is 0 Å². The summed E-state index contributed by atoms with van der Waals surface area (Å²) >= 11 is 1.69. The molecule has 2 rings (SSSR count). The normalized spacial score (nSPS) is 10.1. The standard InChI is InChI=1S/C12H12N2S/c13-8-12-6-5-11(15-12)4-3-10-2-1-7-14-9-10/h1-2,5-9,13H,3-4H2. The fraction of sp³-hybridized carbons (Fsp3) is 0.167. The molecule has 0 atom stereocenters. The molecular formula is C12H12N2S. The van der Waals surface area contributed by atoms with Gasteiger partial charge in [0, 0.05) is 28.4 Å². The number of rotatable bonds is 4. The summed E-state index contributed by atoms with van der Waals surface area (Å²) < 4.78 is 0. The van der Waals surface area contributed by atoms with Crippen molar-refractivity contribution in [1.82, 2.24) is 4.98 Å². The van der Waals surface area contributed by atoms with Gasteiger partial charge in [-0.1, -0.05) is 6.07 Å². The predicted molar refractivity (Wildman–Crippen MR) is 63.8 cm³/mol. The predicted octanol–water partition coefficient (Wildman–Crippen LogP) is 2.93. The average Bonchev–Trinajstić information content (AvgIpc) is 2.76. The lowest BCUT2D eigenvalue weighted by molar-refractivity contribution is 0.969. The molecule has 0 saturated carbocycles. The zero-order valence-electron chi connectivity index (χ0n) is 8.31.